The largest absolute Gasteiger partial charge is 0.323 e. The van der Waals surface area contributed by atoms with Gasteiger partial charge in [0, 0.05) is 0 Å². The average molecular weight is 145 g/mol. The molecule has 1 aromatic carbocycles. The zero-order valence-corrected chi connectivity index (χ0v) is 5.86. The normalized spacial score (nSPS) is 9.73. The first-order valence-corrected chi connectivity index (χ1v) is 3.10. The van der Waals surface area contributed by atoms with E-state index >= 15 is 0 Å². The molecule has 0 atom stereocenters. The summed E-state index contributed by atoms with van der Waals surface area (Å²) in [4.78, 5) is 0. The highest BCUT2D eigenvalue weighted by atomic mass is 15.1. The van der Waals surface area contributed by atoms with Crippen LogP contribution in [-0.2, 0) is 0 Å². The van der Waals surface area contributed by atoms with Crippen LogP contribution in [0.2, 0.25) is 0 Å². The molecule has 0 saturated heterocycles. The van der Waals surface area contributed by atoms with Crippen LogP contribution >= 0.6 is 0 Å². The number of hydrogen-bond donors (Lipinski definition) is 1. The molecule has 2 N–H and O–H groups in total. The molecule has 0 heterocycles. The zero-order chi connectivity index (χ0) is 8.10. The fourth-order valence-electron chi connectivity index (χ4n) is 0.775. The summed E-state index contributed by atoms with van der Waals surface area (Å²) in [7, 11) is 0. The molecule has 3 nitrogen and oxygen atoms in total. The van der Waals surface area contributed by atoms with Gasteiger partial charge in [0.05, 0.1) is 17.8 Å². The van der Waals surface area contributed by atoms with E-state index in [1.807, 2.05) is 12.1 Å². The topological polar surface area (TPSA) is 62.2 Å². The lowest BCUT2D eigenvalue weighted by molar-refractivity contribution is 1.26. The molecule has 11 heavy (non-hydrogen) atoms. The van der Waals surface area contributed by atoms with Crippen molar-refractivity contribution in [2.45, 2.75) is 0 Å². The van der Waals surface area contributed by atoms with E-state index < -0.39 is 0 Å². The Bertz CT molecular complexity index is 309. The molecule has 54 valence electrons. The summed E-state index contributed by atoms with van der Waals surface area (Å²) in [6, 6.07) is 9.09. The number of nitriles is 1. The Morgan fingerprint density at radius 2 is 2.36 bits per heavy atom. The lowest BCUT2D eigenvalue weighted by Gasteiger charge is -1.90. The van der Waals surface area contributed by atoms with Gasteiger partial charge in [-0.3, -0.25) is 0 Å². The summed E-state index contributed by atoms with van der Waals surface area (Å²) < 4.78 is 0. The molecule has 0 aliphatic rings. The van der Waals surface area contributed by atoms with Crippen LogP contribution in [0.1, 0.15) is 11.1 Å². The summed E-state index contributed by atoms with van der Waals surface area (Å²) in [5.41, 5.74) is 1.45. The Hall–Kier alpha value is -1.82. The van der Waals surface area contributed by atoms with Crippen molar-refractivity contribution in [1.29, 1.82) is 5.26 Å². The monoisotopic (exact) mass is 145 g/mol. The molecule has 0 bridgehead atoms. The van der Waals surface area contributed by atoms with Crippen LogP contribution in [0.15, 0.2) is 29.4 Å². The van der Waals surface area contributed by atoms with Gasteiger partial charge in [-0.05, 0) is 17.7 Å². The maximum atomic E-state index is 8.50. The van der Waals surface area contributed by atoms with Gasteiger partial charge in [0.25, 0.3) is 0 Å². The smallest absolute Gasteiger partial charge is 0.0991 e. The van der Waals surface area contributed by atoms with E-state index in [0.717, 1.165) is 5.56 Å². The second-order valence-corrected chi connectivity index (χ2v) is 2.02. The van der Waals surface area contributed by atoms with Gasteiger partial charge in [0.15, 0.2) is 0 Å². The molecular weight excluding hydrogens is 138 g/mol. The van der Waals surface area contributed by atoms with Crippen LogP contribution < -0.4 is 5.84 Å². The standard InChI is InChI=1S/C8H7N3/c9-5-7-2-1-3-8(4-7)6-11-10/h1-4,6H,10H2/b11-6-. The van der Waals surface area contributed by atoms with Crippen LogP contribution in [0.25, 0.3) is 0 Å². The minimum atomic E-state index is 0.613. The summed E-state index contributed by atoms with van der Waals surface area (Å²) in [6.45, 7) is 0. The van der Waals surface area contributed by atoms with Crippen LogP contribution in [0, 0.1) is 11.3 Å². The van der Waals surface area contributed by atoms with Crippen molar-refractivity contribution >= 4 is 6.21 Å². The number of rotatable bonds is 1. The lowest BCUT2D eigenvalue weighted by atomic mass is 10.1. The average Bonchev–Trinajstić information content (AvgIpc) is 2.06. The molecular formula is C8H7N3. The van der Waals surface area contributed by atoms with E-state index in [-0.39, 0.29) is 0 Å². The van der Waals surface area contributed by atoms with Crippen LogP contribution in [0.3, 0.4) is 0 Å². The van der Waals surface area contributed by atoms with E-state index in [1.165, 1.54) is 6.21 Å². The van der Waals surface area contributed by atoms with Gasteiger partial charge in [-0.15, -0.1) is 0 Å². The van der Waals surface area contributed by atoms with Crippen molar-refractivity contribution < 1.29 is 0 Å². The van der Waals surface area contributed by atoms with Crippen molar-refractivity contribution in [3.05, 3.63) is 35.4 Å². The van der Waals surface area contributed by atoms with E-state index in [0.29, 0.717) is 5.56 Å². The van der Waals surface area contributed by atoms with Gasteiger partial charge in [0.2, 0.25) is 0 Å². The van der Waals surface area contributed by atoms with Crippen molar-refractivity contribution in [2.75, 3.05) is 0 Å². The maximum Gasteiger partial charge on any atom is 0.0991 e. The molecule has 0 spiro atoms. The Balaban J connectivity index is 3.03. The molecule has 0 aliphatic carbocycles. The van der Waals surface area contributed by atoms with Gasteiger partial charge < -0.3 is 5.84 Å². The highest BCUT2D eigenvalue weighted by Gasteiger charge is 1.89. The van der Waals surface area contributed by atoms with Gasteiger partial charge in [-0.2, -0.15) is 10.4 Å². The summed E-state index contributed by atoms with van der Waals surface area (Å²) in [5, 5.41) is 11.9. The van der Waals surface area contributed by atoms with E-state index in [4.69, 9.17) is 11.1 Å². The second-order valence-electron chi connectivity index (χ2n) is 2.02. The van der Waals surface area contributed by atoms with Crippen LogP contribution in [0.4, 0.5) is 0 Å². The van der Waals surface area contributed by atoms with Crippen molar-refractivity contribution in [3.63, 3.8) is 0 Å². The fourth-order valence-corrected chi connectivity index (χ4v) is 0.775. The molecule has 0 aliphatic heterocycles. The lowest BCUT2D eigenvalue weighted by Crippen LogP contribution is -1.86. The number of nitrogens with zero attached hydrogens (tertiary/aromatic N) is 2. The molecule has 0 saturated carbocycles. The Morgan fingerprint density at radius 3 is 3.00 bits per heavy atom. The fraction of sp³-hybridized carbons (Fsp3) is 0. The number of hydrogen-bond acceptors (Lipinski definition) is 3. The van der Waals surface area contributed by atoms with Gasteiger partial charge in [-0.25, -0.2) is 0 Å². The van der Waals surface area contributed by atoms with Gasteiger partial charge in [0.1, 0.15) is 0 Å². The van der Waals surface area contributed by atoms with Crippen molar-refractivity contribution in [3.8, 4) is 6.07 Å². The molecule has 1 aromatic rings. The molecule has 0 unspecified atom stereocenters. The summed E-state index contributed by atoms with van der Waals surface area (Å²) in [5.74, 6) is 4.94. The first-order valence-electron chi connectivity index (χ1n) is 3.10. The SMILES string of the molecule is N#Cc1cccc(/C=N\N)c1. The van der Waals surface area contributed by atoms with Crippen LogP contribution in [-0.4, -0.2) is 6.21 Å². The Labute approximate surface area is 64.8 Å². The predicted molar refractivity (Wildman–Crippen MR) is 42.9 cm³/mol. The summed E-state index contributed by atoms with van der Waals surface area (Å²) in [6.07, 6.45) is 1.50. The molecule has 0 fully saturated rings. The molecule has 1 rings (SSSR count). The molecule has 0 aromatic heterocycles. The van der Waals surface area contributed by atoms with Gasteiger partial charge in [-0.1, -0.05) is 12.1 Å². The third-order valence-corrected chi connectivity index (χ3v) is 1.24. The molecule has 0 radical (unpaired) electrons. The van der Waals surface area contributed by atoms with Crippen molar-refractivity contribution in [2.24, 2.45) is 10.9 Å². The van der Waals surface area contributed by atoms with E-state index in [9.17, 15) is 0 Å². The third kappa shape index (κ3) is 1.80. The predicted octanol–water partition coefficient (Wildman–Crippen LogP) is 0.851. The maximum absolute atomic E-state index is 8.50. The highest BCUT2D eigenvalue weighted by Crippen LogP contribution is 2.00. The van der Waals surface area contributed by atoms with Crippen molar-refractivity contribution in [1.82, 2.24) is 0 Å². The number of nitrogens with two attached hydrogens (primary N) is 1. The highest BCUT2D eigenvalue weighted by molar-refractivity contribution is 5.79. The van der Waals surface area contributed by atoms with E-state index in [1.54, 1.807) is 18.2 Å². The van der Waals surface area contributed by atoms with Crippen LogP contribution in [0.5, 0.6) is 0 Å². The third-order valence-electron chi connectivity index (χ3n) is 1.24. The van der Waals surface area contributed by atoms with E-state index in [2.05, 4.69) is 5.10 Å². The number of benzene rings is 1. The quantitative estimate of drug-likeness (QED) is 0.361. The van der Waals surface area contributed by atoms with Gasteiger partial charge >= 0.3 is 0 Å². The minimum Gasteiger partial charge on any atom is -0.323 e. The second kappa shape index (κ2) is 3.37. The minimum absolute atomic E-state index is 0.613. The molecule has 0 amide bonds. The summed E-state index contributed by atoms with van der Waals surface area (Å²) >= 11 is 0. The molecule has 3 heteroatoms. The first kappa shape index (κ1) is 7.29. The number of hydrazone groups is 1. The first-order chi connectivity index (χ1) is 5.36. The zero-order valence-electron chi connectivity index (χ0n) is 5.86. The Kier molecular flexibility index (Phi) is 2.24. The Morgan fingerprint density at radius 1 is 1.55 bits per heavy atom.